The number of fused-ring (bicyclic) bond motifs is 1. The first-order chi connectivity index (χ1) is 15.9. The van der Waals surface area contributed by atoms with Crippen LogP contribution >= 0.6 is 11.3 Å². The van der Waals surface area contributed by atoms with E-state index in [0.29, 0.717) is 51.9 Å². The first-order valence-corrected chi connectivity index (χ1v) is 12.7. The van der Waals surface area contributed by atoms with Gasteiger partial charge in [0.15, 0.2) is 16.6 Å². The molecule has 1 aromatic heterocycles. The number of carbonyl (C=O) groups excluding carboxylic acids is 1. The summed E-state index contributed by atoms with van der Waals surface area (Å²) in [5.74, 6) is 0.647. The molecule has 1 aliphatic rings. The van der Waals surface area contributed by atoms with Crippen LogP contribution in [0.25, 0.3) is 10.2 Å². The highest BCUT2D eigenvalue weighted by Crippen LogP contribution is 2.34. The summed E-state index contributed by atoms with van der Waals surface area (Å²) in [7, 11) is -0.463. The number of carbonyl (C=O) groups is 1. The molecular formula is C23H25N3O5S2. The van der Waals surface area contributed by atoms with Gasteiger partial charge in [-0.25, -0.2) is 13.4 Å². The molecule has 1 N–H and O–H groups in total. The lowest BCUT2D eigenvalue weighted by atomic mass is 10.1. The first-order valence-electron chi connectivity index (χ1n) is 10.4. The quantitative estimate of drug-likeness (QED) is 0.481. The number of benzene rings is 2. The summed E-state index contributed by atoms with van der Waals surface area (Å²) in [4.78, 5) is 17.6. The van der Waals surface area contributed by atoms with E-state index in [9.17, 15) is 13.2 Å². The smallest absolute Gasteiger partial charge is 0.257 e. The van der Waals surface area contributed by atoms with Gasteiger partial charge < -0.3 is 9.47 Å². The number of amides is 1. The molecule has 174 valence electrons. The van der Waals surface area contributed by atoms with Gasteiger partial charge in [-0.1, -0.05) is 17.4 Å². The van der Waals surface area contributed by atoms with E-state index in [2.05, 4.69) is 16.9 Å². The summed E-state index contributed by atoms with van der Waals surface area (Å²) in [5, 5.41) is 3.19. The number of hydrogen-bond acceptors (Lipinski definition) is 7. The van der Waals surface area contributed by atoms with E-state index in [-0.39, 0.29) is 10.8 Å². The summed E-state index contributed by atoms with van der Waals surface area (Å²) in [6.45, 7) is 4.84. The average Bonchev–Trinajstić information content (AvgIpc) is 3.48. The standard InChI is InChI=1S/C23H25N3O5S2/c1-4-7-15-12-16(13-19(30-2)21(15)31-3)22(27)25-23-24-18-9-8-17(14-20(18)32-23)33(28,29)26-10-5-6-11-26/h4,8-9,12-14H,1,5-7,10-11H2,2-3H3,(H,24,25,27). The van der Waals surface area contributed by atoms with Crippen LogP contribution in [0.1, 0.15) is 28.8 Å². The molecule has 2 aromatic carbocycles. The molecule has 1 amide bonds. The van der Waals surface area contributed by atoms with Crippen LogP contribution in [0.4, 0.5) is 5.13 Å². The third-order valence-electron chi connectivity index (χ3n) is 5.47. The van der Waals surface area contributed by atoms with Crippen LogP contribution in [0.5, 0.6) is 11.5 Å². The Morgan fingerprint density at radius 3 is 2.64 bits per heavy atom. The van der Waals surface area contributed by atoms with Crippen molar-refractivity contribution in [2.75, 3.05) is 32.6 Å². The zero-order valence-corrected chi connectivity index (χ0v) is 20.1. The van der Waals surface area contributed by atoms with Crippen molar-refractivity contribution in [1.82, 2.24) is 9.29 Å². The number of nitrogens with one attached hydrogen (secondary N) is 1. The van der Waals surface area contributed by atoms with Crippen LogP contribution in [0.2, 0.25) is 0 Å². The minimum absolute atomic E-state index is 0.243. The molecule has 0 atom stereocenters. The highest BCUT2D eigenvalue weighted by Gasteiger charge is 2.27. The second kappa shape index (κ2) is 9.50. The lowest BCUT2D eigenvalue weighted by molar-refractivity contribution is 0.102. The van der Waals surface area contributed by atoms with Gasteiger partial charge in [-0.15, -0.1) is 6.58 Å². The summed E-state index contributed by atoms with van der Waals surface area (Å²) >= 11 is 1.23. The molecule has 2 heterocycles. The van der Waals surface area contributed by atoms with Crippen molar-refractivity contribution in [2.45, 2.75) is 24.2 Å². The average molecular weight is 488 g/mol. The van der Waals surface area contributed by atoms with Crippen LogP contribution in [-0.2, 0) is 16.4 Å². The van der Waals surface area contributed by atoms with Crippen molar-refractivity contribution in [2.24, 2.45) is 0 Å². The number of aromatic nitrogens is 1. The first kappa shape index (κ1) is 23.2. The maximum Gasteiger partial charge on any atom is 0.257 e. The number of nitrogens with zero attached hydrogens (tertiary/aromatic N) is 2. The fraction of sp³-hybridized carbons (Fsp3) is 0.304. The number of rotatable bonds is 8. The van der Waals surface area contributed by atoms with Gasteiger partial charge in [0.05, 0.1) is 29.3 Å². The SMILES string of the molecule is C=CCc1cc(C(=O)Nc2nc3ccc(S(=O)(=O)N4CCCC4)cc3s2)cc(OC)c1OC. The van der Waals surface area contributed by atoms with Crippen molar-refractivity contribution in [1.29, 1.82) is 0 Å². The molecular weight excluding hydrogens is 462 g/mol. The number of ether oxygens (including phenoxy) is 2. The predicted octanol–water partition coefficient (Wildman–Crippen LogP) is 4.08. The van der Waals surface area contributed by atoms with E-state index in [1.807, 2.05) is 0 Å². The van der Waals surface area contributed by atoms with E-state index in [0.717, 1.165) is 18.4 Å². The Morgan fingerprint density at radius 2 is 1.97 bits per heavy atom. The van der Waals surface area contributed by atoms with E-state index in [4.69, 9.17) is 9.47 Å². The van der Waals surface area contributed by atoms with Crippen molar-refractivity contribution >= 4 is 42.6 Å². The van der Waals surface area contributed by atoms with E-state index in [1.165, 1.54) is 22.8 Å². The van der Waals surface area contributed by atoms with Crippen LogP contribution in [0, 0.1) is 0 Å². The van der Waals surface area contributed by atoms with Crippen LogP contribution < -0.4 is 14.8 Å². The highest BCUT2D eigenvalue weighted by molar-refractivity contribution is 7.89. The van der Waals surface area contributed by atoms with Gasteiger partial charge in [-0.2, -0.15) is 4.31 Å². The number of sulfonamides is 1. The van der Waals surface area contributed by atoms with Gasteiger partial charge in [0, 0.05) is 24.2 Å². The van der Waals surface area contributed by atoms with Crippen LogP contribution in [0.15, 0.2) is 47.9 Å². The van der Waals surface area contributed by atoms with Crippen LogP contribution in [0.3, 0.4) is 0 Å². The summed E-state index contributed by atoms with van der Waals surface area (Å²) in [6.07, 6.45) is 3.99. The molecule has 3 aromatic rings. The molecule has 1 fully saturated rings. The summed E-state index contributed by atoms with van der Waals surface area (Å²) < 4.78 is 38.7. The summed E-state index contributed by atoms with van der Waals surface area (Å²) in [5.41, 5.74) is 1.79. The predicted molar refractivity (Wildman–Crippen MR) is 129 cm³/mol. The molecule has 8 nitrogen and oxygen atoms in total. The van der Waals surface area contributed by atoms with Crippen molar-refractivity contribution in [3.63, 3.8) is 0 Å². The van der Waals surface area contributed by atoms with Crippen LogP contribution in [-0.4, -0.2) is 50.9 Å². The number of hydrogen-bond donors (Lipinski definition) is 1. The highest BCUT2D eigenvalue weighted by atomic mass is 32.2. The molecule has 0 aliphatic carbocycles. The summed E-state index contributed by atoms with van der Waals surface area (Å²) in [6, 6.07) is 8.19. The van der Waals surface area contributed by atoms with Gasteiger partial charge >= 0.3 is 0 Å². The molecule has 0 unspecified atom stereocenters. The third kappa shape index (κ3) is 4.59. The molecule has 10 heteroatoms. The van der Waals surface area contributed by atoms with Gasteiger partial charge in [-0.05, 0) is 49.6 Å². The van der Waals surface area contributed by atoms with Crippen molar-refractivity contribution < 1.29 is 22.7 Å². The van der Waals surface area contributed by atoms with E-state index >= 15 is 0 Å². The molecule has 0 radical (unpaired) electrons. The van der Waals surface area contributed by atoms with Gasteiger partial charge in [0.2, 0.25) is 10.0 Å². The van der Waals surface area contributed by atoms with Crippen molar-refractivity contribution in [3.8, 4) is 11.5 Å². The fourth-order valence-corrected chi connectivity index (χ4v) is 6.37. The Hall–Kier alpha value is -2.95. The molecule has 33 heavy (non-hydrogen) atoms. The lowest BCUT2D eigenvalue weighted by Crippen LogP contribution is -2.27. The Labute approximate surface area is 196 Å². The number of methoxy groups -OCH3 is 2. The van der Waals surface area contributed by atoms with Crippen molar-refractivity contribution in [3.05, 3.63) is 54.1 Å². The third-order valence-corrected chi connectivity index (χ3v) is 8.29. The Kier molecular flexibility index (Phi) is 6.68. The molecule has 0 saturated carbocycles. The zero-order valence-electron chi connectivity index (χ0n) is 18.5. The number of anilines is 1. The molecule has 1 aliphatic heterocycles. The number of thiazole rings is 1. The van der Waals surface area contributed by atoms with E-state index in [1.54, 1.807) is 43.5 Å². The minimum atomic E-state index is -3.52. The largest absolute Gasteiger partial charge is 0.493 e. The fourth-order valence-electron chi connectivity index (χ4n) is 3.85. The van der Waals surface area contributed by atoms with Gasteiger partial charge in [0.25, 0.3) is 5.91 Å². The normalized spacial score (nSPS) is 14.4. The second-order valence-corrected chi connectivity index (χ2v) is 10.5. The molecule has 1 saturated heterocycles. The lowest BCUT2D eigenvalue weighted by Gasteiger charge is -2.15. The monoisotopic (exact) mass is 487 g/mol. The Balaban J connectivity index is 1.61. The Morgan fingerprint density at radius 1 is 1.21 bits per heavy atom. The van der Waals surface area contributed by atoms with E-state index < -0.39 is 10.0 Å². The minimum Gasteiger partial charge on any atom is -0.493 e. The second-order valence-electron chi connectivity index (χ2n) is 7.58. The molecule has 0 bridgehead atoms. The molecule has 0 spiro atoms. The van der Waals surface area contributed by atoms with Gasteiger partial charge in [0.1, 0.15) is 0 Å². The zero-order chi connectivity index (χ0) is 23.6. The topological polar surface area (TPSA) is 97.8 Å². The Bertz CT molecular complexity index is 1310. The maximum atomic E-state index is 12.9. The molecule has 4 rings (SSSR count). The maximum absolute atomic E-state index is 12.9. The van der Waals surface area contributed by atoms with Gasteiger partial charge in [-0.3, -0.25) is 10.1 Å². The number of allylic oxidation sites excluding steroid dienone is 1.